The Kier molecular flexibility index (Phi) is 5.06. The van der Waals surface area contributed by atoms with Gasteiger partial charge in [0.05, 0.1) is 6.54 Å². The molecule has 0 aliphatic carbocycles. The van der Waals surface area contributed by atoms with E-state index in [1.165, 1.54) is 0 Å². The van der Waals surface area contributed by atoms with Crippen molar-refractivity contribution < 1.29 is 19.1 Å². The Labute approximate surface area is 63.4 Å². The van der Waals surface area contributed by atoms with Gasteiger partial charge in [-0.3, -0.25) is 0 Å². The maximum Gasteiger partial charge on any atom is 0.404 e. The lowest BCUT2D eigenvalue weighted by molar-refractivity contribution is -0.108. The minimum absolute atomic E-state index is 0.0732. The number of halogens is 1. The summed E-state index contributed by atoms with van der Waals surface area (Å²) in [5.41, 5.74) is 0. The molecule has 0 fully saturated rings. The molecule has 0 saturated heterocycles. The van der Waals surface area contributed by atoms with Crippen molar-refractivity contribution in [2.45, 2.75) is 19.0 Å². The van der Waals surface area contributed by atoms with Crippen molar-refractivity contribution in [3.05, 3.63) is 0 Å². The first-order valence-corrected chi connectivity index (χ1v) is 3.21. The van der Waals surface area contributed by atoms with Gasteiger partial charge in [-0.15, -0.1) is 0 Å². The summed E-state index contributed by atoms with van der Waals surface area (Å²) in [7, 11) is 0. The molecule has 5 heteroatoms. The fraction of sp³-hybridized carbons (Fsp3) is 0.667. The van der Waals surface area contributed by atoms with E-state index >= 15 is 0 Å². The number of carbonyl (C=O) groups excluding carboxylic acids is 1. The zero-order valence-electron chi connectivity index (χ0n) is 5.92. The highest BCUT2D eigenvalue weighted by Crippen LogP contribution is 1.97. The predicted molar refractivity (Wildman–Crippen MR) is 36.2 cm³/mol. The summed E-state index contributed by atoms with van der Waals surface area (Å²) in [5.74, 6) is 0. The molecule has 0 aliphatic rings. The van der Waals surface area contributed by atoms with Gasteiger partial charge in [0.15, 0.2) is 0 Å². The summed E-state index contributed by atoms with van der Waals surface area (Å²) in [6.45, 7) is -0.247. The summed E-state index contributed by atoms with van der Waals surface area (Å²) < 4.78 is 12.5. The van der Waals surface area contributed by atoms with E-state index in [0.29, 0.717) is 6.29 Å². The van der Waals surface area contributed by atoms with Crippen LogP contribution in [0.4, 0.5) is 9.18 Å². The maximum absolute atomic E-state index is 12.5. The Morgan fingerprint density at radius 1 is 1.73 bits per heavy atom. The minimum Gasteiger partial charge on any atom is -0.465 e. The van der Waals surface area contributed by atoms with E-state index in [1.807, 2.05) is 5.32 Å². The van der Waals surface area contributed by atoms with E-state index in [0.717, 1.165) is 0 Å². The zero-order valence-corrected chi connectivity index (χ0v) is 5.92. The van der Waals surface area contributed by atoms with Crippen LogP contribution in [0, 0.1) is 0 Å². The van der Waals surface area contributed by atoms with Gasteiger partial charge in [-0.1, -0.05) is 0 Å². The van der Waals surface area contributed by atoms with Crippen LogP contribution < -0.4 is 5.32 Å². The molecular weight excluding hydrogens is 153 g/mol. The standard InChI is InChI=1S/C6H10FNO3/c7-5(2-1-3-9)4-8-6(10)11/h3,5,8H,1-2,4H2,(H,10,11). The lowest BCUT2D eigenvalue weighted by Gasteiger charge is -2.04. The highest BCUT2D eigenvalue weighted by molar-refractivity contribution is 5.64. The number of amides is 1. The minimum atomic E-state index is -1.27. The molecule has 11 heavy (non-hydrogen) atoms. The molecule has 64 valence electrons. The third-order valence-corrected chi connectivity index (χ3v) is 1.07. The van der Waals surface area contributed by atoms with Crippen LogP contribution in [0.15, 0.2) is 0 Å². The molecule has 4 nitrogen and oxygen atoms in total. The van der Waals surface area contributed by atoms with Crippen molar-refractivity contribution in [2.24, 2.45) is 0 Å². The number of rotatable bonds is 5. The predicted octanol–water partition coefficient (Wildman–Crippen LogP) is 0.571. The Bertz CT molecular complexity index is 140. The maximum atomic E-state index is 12.5. The number of alkyl halides is 1. The first-order valence-electron chi connectivity index (χ1n) is 3.21. The van der Waals surface area contributed by atoms with E-state index in [1.54, 1.807) is 0 Å². The van der Waals surface area contributed by atoms with Crippen LogP contribution >= 0.6 is 0 Å². The van der Waals surface area contributed by atoms with Gasteiger partial charge in [-0.25, -0.2) is 9.18 Å². The molecule has 0 rings (SSSR count). The second-order valence-corrected chi connectivity index (χ2v) is 2.03. The van der Waals surface area contributed by atoms with Gasteiger partial charge in [0.2, 0.25) is 0 Å². The fourth-order valence-corrected chi connectivity index (χ4v) is 0.549. The zero-order chi connectivity index (χ0) is 8.69. The van der Waals surface area contributed by atoms with Crippen molar-refractivity contribution in [3.8, 4) is 0 Å². The average molecular weight is 163 g/mol. The van der Waals surface area contributed by atoms with Crippen LogP contribution in [0.2, 0.25) is 0 Å². The average Bonchev–Trinajstić information content (AvgIpc) is 1.97. The number of aldehydes is 1. The third kappa shape index (κ3) is 6.76. The van der Waals surface area contributed by atoms with E-state index < -0.39 is 12.3 Å². The van der Waals surface area contributed by atoms with Gasteiger partial charge in [0.1, 0.15) is 12.5 Å². The van der Waals surface area contributed by atoms with Crippen LogP contribution in [0.3, 0.4) is 0 Å². The van der Waals surface area contributed by atoms with Crippen LogP contribution in [0.5, 0.6) is 0 Å². The normalized spacial score (nSPS) is 12.1. The first kappa shape index (κ1) is 9.87. The van der Waals surface area contributed by atoms with Gasteiger partial charge in [0.25, 0.3) is 0 Å². The van der Waals surface area contributed by atoms with Gasteiger partial charge >= 0.3 is 6.09 Å². The molecule has 1 atom stereocenters. The second-order valence-electron chi connectivity index (χ2n) is 2.03. The monoisotopic (exact) mass is 163 g/mol. The van der Waals surface area contributed by atoms with E-state index in [-0.39, 0.29) is 19.4 Å². The molecule has 2 N–H and O–H groups in total. The Morgan fingerprint density at radius 3 is 2.82 bits per heavy atom. The van der Waals surface area contributed by atoms with Crippen LogP contribution in [0.25, 0.3) is 0 Å². The molecule has 0 bridgehead atoms. The van der Waals surface area contributed by atoms with E-state index in [4.69, 9.17) is 5.11 Å². The van der Waals surface area contributed by atoms with Crippen LogP contribution in [-0.4, -0.2) is 30.2 Å². The third-order valence-electron chi connectivity index (χ3n) is 1.07. The molecule has 0 aliphatic heterocycles. The molecule has 1 amide bonds. The van der Waals surface area contributed by atoms with Crippen molar-refractivity contribution in [2.75, 3.05) is 6.54 Å². The van der Waals surface area contributed by atoms with Crippen molar-refractivity contribution >= 4 is 12.4 Å². The molecule has 0 aromatic carbocycles. The number of hydrogen-bond acceptors (Lipinski definition) is 2. The highest BCUT2D eigenvalue weighted by Gasteiger charge is 2.06. The Hall–Kier alpha value is -1.13. The molecule has 0 spiro atoms. The molecule has 1 unspecified atom stereocenters. The fourth-order valence-electron chi connectivity index (χ4n) is 0.549. The number of carbonyl (C=O) groups is 2. The number of hydrogen-bond donors (Lipinski definition) is 2. The molecule has 0 radical (unpaired) electrons. The van der Waals surface area contributed by atoms with E-state index in [2.05, 4.69) is 0 Å². The molecule has 0 aromatic rings. The van der Waals surface area contributed by atoms with Crippen LogP contribution in [0.1, 0.15) is 12.8 Å². The summed E-state index contributed by atoms with van der Waals surface area (Å²) in [6.07, 6.45) is -1.71. The van der Waals surface area contributed by atoms with Crippen molar-refractivity contribution in [1.82, 2.24) is 5.32 Å². The second kappa shape index (κ2) is 5.64. The SMILES string of the molecule is O=CCCC(F)CNC(=O)O. The van der Waals surface area contributed by atoms with Crippen LogP contribution in [-0.2, 0) is 4.79 Å². The summed E-state index contributed by atoms with van der Waals surface area (Å²) in [5, 5.41) is 9.92. The smallest absolute Gasteiger partial charge is 0.404 e. The Balaban J connectivity index is 3.28. The van der Waals surface area contributed by atoms with Gasteiger partial charge in [0, 0.05) is 6.42 Å². The summed E-state index contributed by atoms with van der Waals surface area (Å²) in [4.78, 5) is 19.6. The van der Waals surface area contributed by atoms with Gasteiger partial charge in [-0.2, -0.15) is 0 Å². The van der Waals surface area contributed by atoms with Crippen molar-refractivity contribution in [1.29, 1.82) is 0 Å². The topological polar surface area (TPSA) is 66.4 Å². The summed E-state index contributed by atoms with van der Waals surface area (Å²) in [6, 6.07) is 0. The largest absolute Gasteiger partial charge is 0.465 e. The highest BCUT2D eigenvalue weighted by atomic mass is 19.1. The lowest BCUT2D eigenvalue weighted by atomic mass is 10.2. The molecule has 0 saturated carbocycles. The quantitative estimate of drug-likeness (QED) is 0.582. The van der Waals surface area contributed by atoms with Crippen molar-refractivity contribution in [3.63, 3.8) is 0 Å². The lowest BCUT2D eigenvalue weighted by Crippen LogP contribution is -2.28. The molecule has 0 aromatic heterocycles. The number of nitrogens with one attached hydrogen (secondary N) is 1. The molecule has 0 heterocycles. The number of carboxylic acid groups (broad SMARTS) is 1. The molecular formula is C6H10FNO3. The summed E-state index contributed by atoms with van der Waals surface area (Å²) >= 11 is 0. The van der Waals surface area contributed by atoms with Gasteiger partial charge < -0.3 is 15.2 Å². The van der Waals surface area contributed by atoms with Gasteiger partial charge in [-0.05, 0) is 6.42 Å². The Morgan fingerprint density at radius 2 is 2.36 bits per heavy atom. The van der Waals surface area contributed by atoms with E-state index in [9.17, 15) is 14.0 Å². The first-order chi connectivity index (χ1) is 5.16.